The van der Waals surface area contributed by atoms with E-state index in [0.29, 0.717) is 6.61 Å². The molecule has 1 amide bonds. The molecule has 1 aliphatic rings. The zero-order chi connectivity index (χ0) is 25.7. The minimum Gasteiger partial charge on any atom is -0.488 e. The van der Waals surface area contributed by atoms with Gasteiger partial charge in [-0.15, -0.1) is 0 Å². The summed E-state index contributed by atoms with van der Waals surface area (Å²) in [6.07, 6.45) is -0.608. The summed E-state index contributed by atoms with van der Waals surface area (Å²) in [5, 5.41) is 12.2. The average molecular weight is 490 g/mol. The van der Waals surface area contributed by atoms with Crippen molar-refractivity contribution in [3.63, 3.8) is 0 Å². The number of alkyl carbamates (subject to hydrolysis) is 1. The number of amides is 1. The third kappa shape index (κ3) is 6.23. The minimum absolute atomic E-state index is 0.0870. The largest absolute Gasteiger partial charge is 0.488 e. The predicted molar refractivity (Wildman–Crippen MR) is 138 cm³/mol. The van der Waals surface area contributed by atoms with E-state index in [1.165, 1.54) is 0 Å². The van der Waals surface area contributed by atoms with Gasteiger partial charge >= 0.3 is 12.1 Å². The molecule has 0 bridgehead atoms. The molecule has 7 heteroatoms. The molecule has 0 spiro atoms. The molecule has 3 aromatic carbocycles. The standard InChI is InChI=1S/C29H32N2O5/c1-31(2,3)16-17-35-21-14-12-20(13-15-21)18-27(28(32)33)30-29(34)36-19-26-24-10-6-4-8-22(24)23-9-5-7-11-25(23)26/h4-15,26-27H,16-19H2,1-3H3,(H-,30,32,33,34)/p+1/t27-/m0/s1. The van der Waals surface area contributed by atoms with E-state index >= 15 is 0 Å². The van der Waals surface area contributed by atoms with E-state index in [4.69, 9.17) is 9.47 Å². The number of nitrogens with zero attached hydrogens (tertiary/aromatic N) is 1. The highest BCUT2D eigenvalue weighted by atomic mass is 16.5. The van der Waals surface area contributed by atoms with Gasteiger partial charge in [-0.05, 0) is 39.9 Å². The van der Waals surface area contributed by atoms with Crippen LogP contribution in [0.3, 0.4) is 0 Å². The van der Waals surface area contributed by atoms with Crippen LogP contribution in [0.25, 0.3) is 11.1 Å². The van der Waals surface area contributed by atoms with Gasteiger partial charge in [0.05, 0.1) is 21.1 Å². The first-order valence-corrected chi connectivity index (χ1v) is 12.1. The average Bonchev–Trinajstić information content (AvgIpc) is 3.16. The van der Waals surface area contributed by atoms with Crippen LogP contribution in [0.4, 0.5) is 4.79 Å². The fourth-order valence-electron chi connectivity index (χ4n) is 4.38. The molecule has 7 nitrogen and oxygen atoms in total. The van der Waals surface area contributed by atoms with Crippen LogP contribution in [0.2, 0.25) is 0 Å². The molecular weight excluding hydrogens is 456 g/mol. The zero-order valence-electron chi connectivity index (χ0n) is 20.9. The molecule has 36 heavy (non-hydrogen) atoms. The number of carboxylic acid groups (broad SMARTS) is 1. The van der Waals surface area contributed by atoms with Crippen LogP contribution in [0.15, 0.2) is 72.8 Å². The molecule has 0 saturated carbocycles. The van der Waals surface area contributed by atoms with Crippen molar-refractivity contribution < 1.29 is 28.7 Å². The second kappa shape index (κ2) is 10.8. The molecule has 0 radical (unpaired) electrons. The highest BCUT2D eigenvalue weighted by Gasteiger charge is 2.29. The quantitative estimate of drug-likeness (QED) is 0.415. The number of aliphatic carboxylic acids is 1. The highest BCUT2D eigenvalue weighted by Crippen LogP contribution is 2.44. The Hall–Kier alpha value is -3.84. The molecule has 2 N–H and O–H groups in total. The molecule has 0 saturated heterocycles. The summed E-state index contributed by atoms with van der Waals surface area (Å²) in [6, 6.07) is 22.3. The van der Waals surface area contributed by atoms with Crippen molar-refractivity contribution in [2.24, 2.45) is 0 Å². The lowest BCUT2D eigenvalue weighted by Crippen LogP contribution is -2.42. The maximum atomic E-state index is 12.6. The van der Waals surface area contributed by atoms with Gasteiger partial charge in [-0.3, -0.25) is 0 Å². The third-order valence-electron chi connectivity index (χ3n) is 6.33. The molecule has 0 unspecified atom stereocenters. The van der Waals surface area contributed by atoms with Gasteiger partial charge in [-0.2, -0.15) is 0 Å². The summed E-state index contributed by atoms with van der Waals surface area (Å²) in [5.41, 5.74) is 5.25. The van der Waals surface area contributed by atoms with Gasteiger partial charge in [-0.25, -0.2) is 9.59 Å². The van der Waals surface area contributed by atoms with E-state index in [-0.39, 0.29) is 18.9 Å². The second-order valence-corrected chi connectivity index (χ2v) is 10.1. The van der Waals surface area contributed by atoms with E-state index in [2.05, 4.69) is 38.6 Å². The first-order valence-electron chi connectivity index (χ1n) is 12.1. The maximum Gasteiger partial charge on any atom is 0.407 e. The smallest absolute Gasteiger partial charge is 0.407 e. The number of hydrogen-bond donors (Lipinski definition) is 2. The van der Waals surface area contributed by atoms with E-state index in [1.807, 2.05) is 60.7 Å². The number of carbonyl (C=O) groups excluding carboxylic acids is 1. The lowest BCUT2D eigenvalue weighted by molar-refractivity contribution is -0.870. The van der Waals surface area contributed by atoms with Crippen molar-refractivity contribution in [3.8, 4) is 16.9 Å². The Morgan fingerprint density at radius 3 is 2.06 bits per heavy atom. The van der Waals surface area contributed by atoms with Crippen molar-refractivity contribution in [2.45, 2.75) is 18.4 Å². The number of benzene rings is 3. The Kier molecular flexibility index (Phi) is 7.60. The van der Waals surface area contributed by atoms with E-state index in [9.17, 15) is 14.7 Å². The predicted octanol–water partition coefficient (Wildman–Crippen LogP) is 4.31. The molecule has 4 rings (SSSR count). The SMILES string of the molecule is C[N+](C)(C)CCOc1ccc(C[C@H](NC(=O)OCC2c3ccccc3-c3ccccc32)C(=O)O)cc1. The monoisotopic (exact) mass is 489 g/mol. The molecular formula is C29H33N2O5+. The van der Waals surface area contributed by atoms with Gasteiger partial charge in [-0.1, -0.05) is 60.7 Å². The Balaban J connectivity index is 1.33. The fourth-order valence-corrected chi connectivity index (χ4v) is 4.38. The number of quaternary nitrogens is 1. The summed E-state index contributed by atoms with van der Waals surface area (Å²) >= 11 is 0. The van der Waals surface area contributed by atoms with Crippen molar-refractivity contribution in [1.29, 1.82) is 0 Å². The normalized spacial score (nSPS) is 13.4. The number of fused-ring (bicyclic) bond motifs is 3. The van der Waals surface area contributed by atoms with Crippen molar-refractivity contribution >= 4 is 12.1 Å². The molecule has 0 aliphatic heterocycles. The van der Waals surface area contributed by atoms with Crippen LogP contribution in [0, 0.1) is 0 Å². The van der Waals surface area contributed by atoms with Crippen molar-refractivity contribution in [1.82, 2.24) is 5.32 Å². The number of likely N-dealkylation sites (N-methyl/N-ethyl adjacent to an activating group) is 1. The Morgan fingerprint density at radius 1 is 0.917 bits per heavy atom. The molecule has 1 atom stereocenters. The summed E-state index contributed by atoms with van der Waals surface area (Å²) in [6.45, 7) is 1.59. The molecule has 0 aromatic heterocycles. The zero-order valence-corrected chi connectivity index (χ0v) is 20.9. The van der Waals surface area contributed by atoms with Gasteiger partial charge < -0.3 is 24.4 Å². The maximum absolute atomic E-state index is 12.6. The van der Waals surface area contributed by atoms with Crippen LogP contribution in [0.5, 0.6) is 5.75 Å². The molecule has 0 fully saturated rings. The first kappa shape index (κ1) is 25.3. The van der Waals surface area contributed by atoms with Crippen molar-refractivity contribution in [3.05, 3.63) is 89.5 Å². The second-order valence-electron chi connectivity index (χ2n) is 10.1. The van der Waals surface area contributed by atoms with Gasteiger partial charge in [0.2, 0.25) is 0 Å². The van der Waals surface area contributed by atoms with Crippen LogP contribution in [0.1, 0.15) is 22.6 Å². The lowest BCUT2D eigenvalue weighted by Gasteiger charge is -2.23. The Bertz CT molecular complexity index is 1170. The number of carboxylic acids is 1. The van der Waals surface area contributed by atoms with Gasteiger partial charge in [0, 0.05) is 12.3 Å². The minimum atomic E-state index is -1.12. The number of nitrogens with one attached hydrogen (secondary N) is 1. The van der Waals surface area contributed by atoms with Gasteiger partial charge in [0.1, 0.15) is 31.5 Å². The van der Waals surface area contributed by atoms with Gasteiger partial charge in [0.25, 0.3) is 0 Å². The van der Waals surface area contributed by atoms with E-state index in [1.54, 1.807) is 0 Å². The van der Waals surface area contributed by atoms with Crippen LogP contribution >= 0.6 is 0 Å². The number of carbonyl (C=O) groups is 2. The number of hydrogen-bond acceptors (Lipinski definition) is 4. The van der Waals surface area contributed by atoms with Crippen molar-refractivity contribution in [2.75, 3.05) is 40.9 Å². The van der Waals surface area contributed by atoms with Crippen LogP contribution < -0.4 is 10.1 Å². The molecule has 188 valence electrons. The number of ether oxygens (including phenoxy) is 2. The summed E-state index contributed by atoms with van der Waals surface area (Å²) in [5.74, 6) is -0.480. The van der Waals surface area contributed by atoms with Crippen LogP contribution in [-0.2, 0) is 16.0 Å². The summed E-state index contributed by atoms with van der Waals surface area (Å²) < 4.78 is 12.1. The summed E-state index contributed by atoms with van der Waals surface area (Å²) in [4.78, 5) is 24.4. The van der Waals surface area contributed by atoms with Crippen LogP contribution in [-0.4, -0.2) is 68.6 Å². The lowest BCUT2D eigenvalue weighted by atomic mass is 9.98. The molecule has 0 heterocycles. The summed E-state index contributed by atoms with van der Waals surface area (Å²) in [7, 11) is 6.30. The highest BCUT2D eigenvalue weighted by molar-refractivity contribution is 5.81. The Labute approximate surface area is 211 Å². The van der Waals surface area contributed by atoms with E-state index in [0.717, 1.165) is 44.6 Å². The fraction of sp³-hybridized carbons (Fsp3) is 0.310. The Morgan fingerprint density at radius 2 is 1.50 bits per heavy atom. The molecule has 1 aliphatic carbocycles. The van der Waals surface area contributed by atoms with E-state index < -0.39 is 18.1 Å². The third-order valence-corrected chi connectivity index (χ3v) is 6.33. The first-order chi connectivity index (χ1) is 17.2. The van der Waals surface area contributed by atoms with Gasteiger partial charge in [0.15, 0.2) is 0 Å². The number of rotatable bonds is 10. The molecule has 3 aromatic rings. The topological polar surface area (TPSA) is 84.9 Å².